The minimum Gasteiger partial charge on any atom is -0.481 e. The predicted octanol–water partition coefficient (Wildman–Crippen LogP) is 3.15. The minimum atomic E-state index is -2.58. The summed E-state index contributed by atoms with van der Waals surface area (Å²) in [5.74, 6) is -2.91. The van der Waals surface area contributed by atoms with Crippen LogP contribution in [0.3, 0.4) is 0 Å². The summed E-state index contributed by atoms with van der Waals surface area (Å²) in [7, 11) is 1.50. The van der Waals surface area contributed by atoms with Crippen LogP contribution in [0.5, 0.6) is 5.88 Å². The van der Waals surface area contributed by atoms with E-state index in [1.807, 2.05) is 0 Å². The summed E-state index contributed by atoms with van der Waals surface area (Å²) in [6, 6.07) is 3.26. The molecule has 172 valence electrons. The molecule has 3 heterocycles. The molecule has 2 aromatic heterocycles. The van der Waals surface area contributed by atoms with E-state index in [4.69, 9.17) is 16.3 Å². The largest absolute Gasteiger partial charge is 0.481 e. The van der Waals surface area contributed by atoms with Crippen molar-refractivity contribution in [1.29, 1.82) is 0 Å². The molecule has 2 N–H and O–H groups in total. The molecule has 32 heavy (non-hydrogen) atoms. The molecular formula is C21H24ClF2N5O3. The number of halogens is 3. The average molecular weight is 468 g/mol. The maximum atomic E-state index is 12.9. The number of pyridine rings is 1. The zero-order valence-corrected chi connectivity index (χ0v) is 18.3. The molecule has 0 aromatic carbocycles. The van der Waals surface area contributed by atoms with Crippen LogP contribution in [0.4, 0.5) is 8.78 Å². The van der Waals surface area contributed by atoms with Gasteiger partial charge in [0.25, 0.3) is 5.91 Å². The van der Waals surface area contributed by atoms with Gasteiger partial charge in [-0.15, -0.1) is 0 Å². The van der Waals surface area contributed by atoms with Crippen molar-refractivity contribution in [2.75, 3.05) is 26.7 Å². The van der Waals surface area contributed by atoms with Crippen molar-refractivity contribution in [3.63, 3.8) is 0 Å². The fourth-order valence-corrected chi connectivity index (χ4v) is 4.33. The Kier molecular flexibility index (Phi) is 6.32. The first kappa shape index (κ1) is 22.4. The van der Waals surface area contributed by atoms with Crippen molar-refractivity contribution in [3.05, 3.63) is 29.0 Å². The Balaban J connectivity index is 1.30. The van der Waals surface area contributed by atoms with Gasteiger partial charge in [0.2, 0.25) is 17.7 Å². The van der Waals surface area contributed by atoms with Gasteiger partial charge in [-0.2, -0.15) is 5.10 Å². The van der Waals surface area contributed by atoms with Gasteiger partial charge >= 0.3 is 0 Å². The highest BCUT2D eigenvalue weighted by molar-refractivity contribution is 6.33. The van der Waals surface area contributed by atoms with Crippen molar-refractivity contribution in [2.24, 2.45) is 11.8 Å². The Labute approximate surface area is 188 Å². The summed E-state index contributed by atoms with van der Waals surface area (Å²) in [6.07, 6.45) is 2.17. The lowest BCUT2D eigenvalue weighted by atomic mass is 9.81. The molecule has 0 bridgehead atoms. The van der Waals surface area contributed by atoms with E-state index in [0.717, 1.165) is 0 Å². The first-order chi connectivity index (χ1) is 15.3. The minimum absolute atomic E-state index is 0.127. The molecule has 1 aliphatic carbocycles. The van der Waals surface area contributed by atoms with Gasteiger partial charge in [0.1, 0.15) is 5.69 Å². The zero-order chi connectivity index (χ0) is 22.9. The highest BCUT2D eigenvalue weighted by atomic mass is 35.5. The van der Waals surface area contributed by atoms with Crippen molar-refractivity contribution < 1.29 is 23.1 Å². The van der Waals surface area contributed by atoms with E-state index in [0.29, 0.717) is 53.8 Å². The lowest BCUT2D eigenvalue weighted by Crippen LogP contribution is -2.46. The van der Waals surface area contributed by atoms with E-state index in [-0.39, 0.29) is 43.0 Å². The molecule has 1 saturated heterocycles. The number of hydrogen-bond acceptors (Lipinski definition) is 5. The Hall–Kier alpha value is -2.75. The molecular weight excluding hydrogens is 444 g/mol. The van der Waals surface area contributed by atoms with Gasteiger partial charge in [-0.1, -0.05) is 11.6 Å². The fraction of sp³-hybridized carbons (Fsp3) is 0.524. The Morgan fingerprint density at radius 2 is 2.03 bits per heavy atom. The highest BCUT2D eigenvalue weighted by Crippen LogP contribution is 2.41. The van der Waals surface area contributed by atoms with E-state index in [1.54, 1.807) is 17.0 Å². The Morgan fingerprint density at radius 1 is 1.31 bits per heavy atom. The molecule has 1 aliphatic heterocycles. The van der Waals surface area contributed by atoms with Gasteiger partial charge in [-0.25, -0.2) is 13.8 Å². The van der Waals surface area contributed by atoms with E-state index in [1.165, 1.54) is 13.3 Å². The second kappa shape index (κ2) is 9.01. The third kappa shape index (κ3) is 4.85. The molecule has 8 nitrogen and oxygen atoms in total. The predicted molar refractivity (Wildman–Crippen MR) is 113 cm³/mol. The monoisotopic (exact) mass is 467 g/mol. The van der Waals surface area contributed by atoms with Crippen LogP contribution in [0.1, 0.15) is 36.2 Å². The number of likely N-dealkylation sites (tertiary alicyclic amines) is 1. The van der Waals surface area contributed by atoms with Crippen LogP contribution in [-0.4, -0.2) is 64.6 Å². The number of piperidine rings is 1. The Morgan fingerprint density at radius 3 is 2.69 bits per heavy atom. The number of carbonyl (C=O) groups is 2. The molecule has 2 aliphatic rings. The van der Waals surface area contributed by atoms with Crippen LogP contribution in [0.15, 0.2) is 18.3 Å². The number of methoxy groups -OCH3 is 1. The van der Waals surface area contributed by atoms with Crippen molar-refractivity contribution in [2.45, 2.75) is 31.6 Å². The number of alkyl halides is 2. The summed E-state index contributed by atoms with van der Waals surface area (Å²) in [5.41, 5.74) is 1.41. The molecule has 0 spiro atoms. The first-order valence-electron chi connectivity index (χ1n) is 10.5. The topological polar surface area (TPSA) is 100 Å². The molecule has 4 rings (SSSR count). The van der Waals surface area contributed by atoms with Gasteiger partial charge in [0.05, 0.1) is 24.0 Å². The summed E-state index contributed by atoms with van der Waals surface area (Å²) >= 11 is 6.20. The highest BCUT2D eigenvalue weighted by Gasteiger charge is 2.45. The van der Waals surface area contributed by atoms with Crippen LogP contribution in [0.25, 0.3) is 11.3 Å². The van der Waals surface area contributed by atoms with Gasteiger partial charge in [0, 0.05) is 50.0 Å². The van der Waals surface area contributed by atoms with Crippen LogP contribution in [0.2, 0.25) is 5.02 Å². The third-order valence-corrected chi connectivity index (χ3v) is 6.32. The number of nitrogens with one attached hydrogen (secondary N) is 2. The van der Waals surface area contributed by atoms with E-state index >= 15 is 0 Å². The second-order valence-electron chi connectivity index (χ2n) is 8.32. The number of rotatable bonds is 6. The summed E-state index contributed by atoms with van der Waals surface area (Å²) in [4.78, 5) is 30.9. The number of aromatic amines is 1. The zero-order valence-electron chi connectivity index (χ0n) is 17.5. The SMILES string of the molecule is COc1cc(-c2cc(C(=O)N3CCC(C(=O)NCC4CC(F)(F)C4)CC3)[nH]n2)c(Cl)cn1. The smallest absolute Gasteiger partial charge is 0.271 e. The van der Waals surface area contributed by atoms with E-state index in [9.17, 15) is 18.4 Å². The fourth-order valence-electron chi connectivity index (χ4n) is 4.13. The maximum absolute atomic E-state index is 12.9. The van der Waals surface area contributed by atoms with E-state index in [2.05, 4.69) is 20.5 Å². The molecule has 2 fully saturated rings. The lowest BCUT2D eigenvalue weighted by Gasteiger charge is -2.36. The van der Waals surface area contributed by atoms with Crippen molar-refractivity contribution >= 4 is 23.4 Å². The number of amides is 2. The van der Waals surface area contributed by atoms with Crippen LogP contribution in [0, 0.1) is 11.8 Å². The summed E-state index contributed by atoms with van der Waals surface area (Å²) in [6.45, 7) is 1.14. The molecule has 1 saturated carbocycles. The molecule has 11 heteroatoms. The third-order valence-electron chi connectivity index (χ3n) is 6.02. The Bertz CT molecular complexity index is 999. The normalized spacial score (nSPS) is 18.8. The van der Waals surface area contributed by atoms with Crippen molar-refractivity contribution in [1.82, 2.24) is 25.4 Å². The van der Waals surface area contributed by atoms with E-state index < -0.39 is 5.92 Å². The molecule has 2 amide bonds. The van der Waals surface area contributed by atoms with Crippen LogP contribution < -0.4 is 10.1 Å². The number of aromatic nitrogens is 3. The standard InChI is InChI=1S/C21H24ClF2N5O3/c1-32-18-6-14(15(22)11-25-18)16-7-17(28-27-16)20(31)29-4-2-13(3-5-29)19(30)26-10-12-8-21(23,24)9-12/h6-7,11-13H,2-5,8-10H2,1H3,(H,26,30)(H,27,28). The first-order valence-corrected chi connectivity index (χ1v) is 10.8. The molecule has 0 unspecified atom stereocenters. The number of hydrogen-bond donors (Lipinski definition) is 2. The van der Waals surface area contributed by atoms with Gasteiger partial charge in [0.15, 0.2) is 0 Å². The van der Waals surface area contributed by atoms with Gasteiger partial charge < -0.3 is 15.0 Å². The van der Waals surface area contributed by atoms with Gasteiger partial charge in [-0.3, -0.25) is 14.7 Å². The maximum Gasteiger partial charge on any atom is 0.271 e. The van der Waals surface area contributed by atoms with Gasteiger partial charge in [-0.05, 0) is 24.8 Å². The number of ether oxygens (including phenoxy) is 1. The summed E-state index contributed by atoms with van der Waals surface area (Å²) in [5, 5.41) is 10.1. The molecule has 2 aromatic rings. The lowest BCUT2D eigenvalue weighted by molar-refractivity contribution is -0.130. The summed E-state index contributed by atoms with van der Waals surface area (Å²) < 4.78 is 30.9. The number of carbonyl (C=O) groups excluding carboxylic acids is 2. The number of nitrogens with zero attached hydrogens (tertiary/aromatic N) is 3. The second-order valence-corrected chi connectivity index (χ2v) is 8.72. The number of H-pyrrole nitrogens is 1. The van der Waals surface area contributed by atoms with Crippen LogP contribution >= 0.6 is 11.6 Å². The molecule has 0 radical (unpaired) electrons. The molecule has 0 atom stereocenters. The van der Waals surface area contributed by atoms with Crippen LogP contribution in [-0.2, 0) is 4.79 Å². The average Bonchev–Trinajstić information content (AvgIpc) is 3.26. The quantitative estimate of drug-likeness (QED) is 0.679. The van der Waals surface area contributed by atoms with Crippen molar-refractivity contribution in [3.8, 4) is 17.1 Å².